The minimum atomic E-state index is -1.38. The predicted molar refractivity (Wildman–Crippen MR) is 230 cm³/mol. The lowest BCUT2D eigenvalue weighted by Gasteiger charge is -2.36. The van der Waals surface area contributed by atoms with Gasteiger partial charge in [-0.15, -0.1) is 0 Å². The molecule has 0 aromatic heterocycles. The zero-order valence-corrected chi connectivity index (χ0v) is 34.8. The van der Waals surface area contributed by atoms with Crippen LogP contribution in [-0.2, 0) is 34.1 Å². The van der Waals surface area contributed by atoms with Crippen molar-refractivity contribution in [3.63, 3.8) is 0 Å². The van der Waals surface area contributed by atoms with E-state index in [-0.39, 0.29) is 64.7 Å². The van der Waals surface area contributed by atoms with Crippen molar-refractivity contribution in [1.82, 2.24) is 10.2 Å². The van der Waals surface area contributed by atoms with Crippen LogP contribution in [0.4, 0.5) is 4.79 Å². The SMILES string of the molecule is COc1ccc(C(OCCOCCNC(=O)[C@@H]2C[C@@H](OC(O)CCC(=O)O)CN2C(=O)OCC2c3ccccc3-c3ccccc32)(c2ccccc2)c2ccc(OC)cc2)cc1. The summed E-state index contributed by atoms with van der Waals surface area (Å²) < 4.78 is 35.3. The summed E-state index contributed by atoms with van der Waals surface area (Å²) in [6.45, 7) is 0.727. The van der Waals surface area contributed by atoms with Gasteiger partial charge in [0.1, 0.15) is 29.7 Å². The molecule has 1 unspecified atom stereocenters. The largest absolute Gasteiger partial charge is 0.497 e. The van der Waals surface area contributed by atoms with E-state index in [4.69, 9.17) is 33.5 Å². The molecule has 3 N–H and O–H groups in total. The normalized spacial score (nSPS) is 16.3. The van der Waals surface area contributed by atoms with Gasteiger partial charge in [0.25, 0.3) is 0 Å². The lowest BCUT2D eigenvalue weighted by Crippen LogP contribution is -2.47. The molecule has 13 nitrogen and oxygen atoms in total. The third-order valence-corrected chi connectivity index (χ3v) is 11.4. The second-order valence-electron chi connectivity index (χ2n) is 15.1. The second kappa shape index (κ2) is 20.5. The van der Waals surface area contributed by atoms with Gasteiger partial charge in [-0.3, -0.25) is 14.5 Å². The Morgan fingerprint density at radius 3 is 1.89 bits per heavy atom. The fraction of sp³-hybridized carbons (Fsp3) is 0.327. The number of benzene rings is 5. The number of aliphatic hydroxyl groups is 1. The lowest BCUT2D eigenvalue weighted by molar-refractivity contribution is -0.150. The molecule has 3 atom stereocenters. The van der Waals surface area contributed by atoms with Crippen LogP contribution in [0.5, 0.6) is 11.5 Å². The highest BCUT2D eigenvalue weighted by Crippen LogP contribution is 2.45. The van der Waals surface area contributed by atoms with Gasteiger partial charge in [0.05, 0.1) is 53.1 Å². The first-order valence-corrected chi connectivity index (χ1v) is 20.7. The Bertz CT molecular complexity index is 2180. The number of carboxylic acids is 1. The quantitative estimate of drug-likeness (QED) is 0.0433. The third-order valence-electron chi connectivity index (χ3n) is 11.4. The van der Waals surface area contributed by atoms with Gasteiger partial charge in [-0.25, -0.2) is 4.79 Å². The summed E-state index contributed by atoms with van der Waals surface area (Å²) in [5.74, 6) is -0.267. The van der Waals surface area contributed by atoms with Crippen LogP contribution in [0.3, 0.4) is 0 Å². The molecular weight excluding hydrogens is 793 g/mol. The molecule has 0 saturated carbocycles. The smallest absolute Gasteiger partial charge is 0.410 e. The van der Waals surface area contributed by atoms with Crippen LogP contribution in [0.15, 0.2) is 127 Å². The van der Waals surface area contributed by atoms with E-state index in [0.29, 0.717) is 11.5 Å². The van der Waals surface area contributed by atoms with E-state index in [1.807, 2.05) is 127 Å². The number of ether oxygens (including phenoxy) is 6. The fourth-order valence-corrected chi connectivity index (χ4v) is 8.35. The summed E-state index contributed by atoms with van der Waals surface area (Å²) in [5, 5.41) is 22.4. The zero-order valence-electron chi connectivity index (χ0n) is 34.8. The monoisotopic (exact) mass is 844 g/mol. The highest BCUT2D eigenvalue weighted by molar-refractivity contribution is 5.86. The van der Waals surface area contributed by atoms with Crippen LogP contribution in [-0.4, -0.2) is 105 Å². The Kier molecular flexibility index (Phi) is 14.5. The van der Waals surface area contributed by atoms with Gasteiger partial charge >= 0.3 is 12.1 Å². The van der Waals surface area contributed by atoms with Crippen LogP contribution in [0.1, 0.15) is 53.0 Å². The van der Waals surface area contributed by atoms with Crippen molar-refractivity contribution in [1.29, 1.82) is 0 Å². The molecule has 2 aliphatic rings. The van der Waals surface area contributed by atoms with Crippen LogP contribution in [0, 0.1) is 0 Å². The molecule has 62 heavy (non-hydrogen) atoms. The number of aliphatic carboxylic acids is 1. The summed E-state index contributed by atoms with van der Waals surface area (Å²) in [6.07, 6.45) is -3.16. The van der Waals surface area contributed by atoms with E-state index in [1.165, 1.54) is 4.90 Å². The number of carbonyl (C=O) groups is 3. The molecule has 0 radical (unpaired) electrons. The molecule has 5 aromatic rings. The minimum Gasteiger partial charge on any atom is -0.497 e. The van der Waals surface area contributed by atoms with E-state index < -0.39 is 42.0 Å². The first-order valence-electron chi connectivity index (χ1n) is 20.7. The number of hydrogen-bond donors (Lipinski definition) is 3. The van der Waals surface area contributed by atoms with E-state index >= 15 is 0 Å². The number of fused-ring (bicyclic) bond motifs is 3. The van der Waals surface area contributed by atoms with Gasteiger partial charge < -0.3 is 44.0 Å². The number of nitrogens with zero attached hydrogens (tertiary/aromatic N) is 1. The van der Waals surface area contributed by atoms with Crippen molar-refractivity contribution in [3.05, 3.63) is 155 Å². The molecule has 1 heterocycles. The standard InChI is InChI=1S/C49H52N2O11/c1-57-36-20-16-34(17-21-36)49(33-10-4-3-5-11-33,35-18-22-37(58-2)23-19-35)61-29-28-59-27-26-50-47(55)44-30-38(62-46(54)25-24-45(52)53)31-51(44)48(56)60-32-43-41-14-8-6-12-39(41)40-13-7-9-15-42(40)43/h3-23,38,43-44,46,54H,24-32H2,1-2H3,(H,50,55)(H,52,53)/t38-,44+,46?/m1/s1. The van der Waals surface area contributed by atoms with E-state index in [9.17, 15) is 19.5 Å². The molecule has 2 amide bonds. The predicted octanol–water partition coefficient (Wildman–Crippen LogP) is 6.74. The van der Waals surface area contributed by atoms with Crippen molar-refractivity contribution in [2.24, 2.45) is 0 Å². The summed E-state index contributed by atoms with van der Waals surface area (Å²) in [6, 6.07) is 40.5. The summed E-state index contributed by atoms with van der Waals surface area (Å²) in [7, 11) is 3.24. The molecule has 7 rings (SSSR count). The average molecular weight is 845 g/mol. The van der Waals surface area contributed by atoms with E-state index in [1.54, 1.807) is 14.2 Å². The number of amides is 2. The summed E-state index contributed by atoms with van der Waals surface area (Å²) in [5.41, 5.74) is 5.96. The van der Waals surface area contributed by atoms with Gasteiger partial charge in [-0.05, 0) is 63.2 Å². The van der Waals surface area contributed by atoms with Crippen LogP contribution in [0.25, 0.3) is 11.1 Å². The number of carboxylic acid groups (broad SMARTS) is 1. The number of carbonyl (C=O) groups excluding carboxylic acids is 2. The molecule has 1 saturated heterocycles. The molecule has 324 valence electrons. The molecule has 1 aliphatic heterocycles. The summed E-state index contributed by atoms with van der Waals surface area (Å²) in [4.78, 5) is 39.9. The van der Waals surface area contributed by atoms with Crippen molar-refractivity contribution in [2.75, 3.05) is 53.7 Å². The first-order chi connectivity index (χ1) is 30.2. The highest BCUT2D eigenvalue weighted by Gasteiger charge is 2.43. The third kappa shape index (κ3) is 9.93. The maximum Gasteiger partial charge on any atom is 0.410 e. The Morgan fingerprint density at radius 2 is 1.31 bits per heavy atom. The molecular formula is C49H52N2O11. The number of aliphatic hydroxyl groups excluding tert-OH is 1. The van der Waals surface area contributed by atoms with Crippen LogP contribution >= 0.6 is 0 Å². The molecule has 0 spiro atoms. The number of likely N-dealkylation sites (tertiary alicyclic amines) is 1. The van der Waals surface area contributed by atoms with Gasteiger partial charge in [-0.2, -0.15) is 0 Å². The van der Waals surface area contributed by atoms with Gasteiger partial charge in [0, 0.05) is 25.3 Å². The van der Waals surface area contributed by atoms with Crippen LogP contribution in [0.2, 0.25) is 0 Å². The number of hydrogen-bond acceptors (Lipinski definition) is 10. The maximum atomic E-state index is 13.8. The van der Waals surface area contributed by atoms with Gasteiger partial charge in [0.2, 0.25) is 5.91 Å². The number of rotatable bonds is 20. The van der Waals surface area contributed by atoms with Crippen molar-refractivity contribution < 1.29 is 53.0 Å². The first kappa shape index (κ1) is 43.8. The van der Waals surface area contributed by atoms with Gasteiger partial charge in [0.15, 0.2) is 6.29 Å². The number of methoxy groups -OCH3 is 2. The maximum absolute atomic E-state index is 13.8. The Balaban J connectivity index is 0.980. The zero-order chi connectivity index (χ0) is 43.5. The van der Waals surface area contributed by atoms with Crippen molar-refractivity contribution in [3.8, 4) is 22.6 Å². The average Bonchev–Trinajstić information content (AvgIpc) is 3.88. The van der Waals surface area contributed by atoms with Gasteiger partial charge in [-0.1, -0.05) is 103 Å². The molecule has 0 bridgehead atoms. The molecule has 13 heteroatoms. The molecule has 1 fully saturated rings. The Hall–Kier alpha value is -6.25. The summed E-state index contributed by atoms with van der Waals surface area (Å²) >= 11 is 0. The number of nitrogens with one attached hydrogen (secondary N) is 1. The highest BCUT2D eigenvalue weighted by atomic mass is 16.6. The van der Waals surface area contributed by atoms with Crippen LogP contribution < -0.4 is 14.8 Å². The van der Waals surface area contributed by atoms with E-state index in [2.05, 4.69) is 5.32 Å². The van der Waals surface area contributed by atoms with Crippen molar-refractivity contribution >= 4 is 18.0 Å². The molecule has 1 aliphatic carbocycles. The Labute approximate surface area is 361 Å². The Morgan fingerprint density at radius 1 is 0.742 bits per heavy atom. The molecule has 5 aromatic carbocycles. The second-order valence-corrected chi connectivity index (χ2v) is 15.1. The van der Waals surface area contributed by atoms with Crippen molar-refractivity contribution in [2.45, 2.75) is 49.2 Å². The topological polar surface area (TPSA) is 162 Å². The fourth-order valence-electron chi connectivity index (χ4n) is 8.35. The minimum absolute atomic E-state index is 0.0295. The lowest BCUT2D eigenvalue weighted by atomic mass is 9.80. The van der Waals surface area contributed by atoms with E-state index in [0.717, 1.165) is 38.9 Å².